The molecule has 0 bridgehead atoms. The Labute approximate surface area is 74.0 Å². The lowest BCUT2D eigenvalue weighted by Crippen LogP contribution is -2.26. The fraction of sp³-hybridized carbons (Fsp3) is 0.667. The molecule has 0 aliphatic heterocycles. The van der Waals surface area contributed by atoms with Crippen molar-refractivity contribution in [2.45, 2.75) is 27.2 Å². The highest BCUT2D eigenvalue weighted by Gasteiger charge is 2.04. The van der Waals surface area contributed by atoms with Crippen LogP contribution in [0.5, 0.6) is 0 Å². The lowest BCUT2D eigenvalue weighted by molar-refractivity contribution is -0.114. The molecule has 3 nitrogen and oxygen atoms in total. The lowest BCUT2D eigenvalue weighted by Gasteiger charge is -2.06. The van der Waals surface area contributed by atoms with Crippen molar-refractivity contribution in [1.82, 2.24) is 5.32 Å². The number of rotatable bonds is 5. The van der Waals surface area contributed by atoms with E-state index in [0.717, 1.165) is 18.5 Å². The fourth-order valence-electron chi connectivity index (χ4n) is 0.900. The normalized spacial score (nSPS) is 9.58. The van der Waals surface area contributed by atoms with Crippen molar-refractivity contribution in [3.8, 4) is 0 Å². The van der Waals surface area contributed by atoms with Gasteiger partial charge in [0.1, 0.15) is 0 Å². The van der Waals surface area contributed by atoms with Gasteiger partial charge in [-0.05, 0) is 26.8 Å². The van der Waals surface area contributed by atoms with Crippen LogP contribution >= 0.6 is 0 Å². The summed E-state index contributed by atoms with van der Waals surface area (Å²) in [5.74, 6) is -0.321. The van der Waals surface area contributed by atoms with E-state index in [9.17, 15) is 4.79 Å². The largest absolute Gasteiger partial charge is 0.366 e. The van der Waals surface area contributed by atoms with Gasteiger partial charge in [-0.15, -0.1) is 0 Å². The number of allylic oxidation sites excluding steroid dienone is 1. The molecule has 12 heavy (non-hydrogen) atoms. The predicted octanol–water partition coefficient (Wildman–Crippen LogP) is 0.808. The van der Waals surface area contributed by atoms with Gasteiger partial charge in [-0.3, -0.25) is 4.79 Å². The van der Waals surface area contributed by atoms with Gasteiger partial charge < -0.3 is 11.1 Å². The van der Waals surface area contributed by atoms with E-state index in [1.54, 1.807) is 0 Å². The Hall–Kier alpha value is -0.830. The minimum atomic E-state index is -0.321. The van der Waals surface area contributed by atoms with Gasteiger partial charge >= 0.3 is 0 Å². The molecule has 0 fully saturated rings. The van der Waals surface area contributed by atoms with Crippen LogP contribution in [0.15, 0.2) is 11.1 Å². The number of carbonyl (C=O) groups excluding carboxylic acids is 1. The summed E-state index contributed by atoms with van der Waals surface area (Å²) in [6.45, 7) is 7.39. The molecule has 0 aromatic rings. The lowest BCUT2D eigenvalue weighted by atomic mass is 10.1. The SMILES string of the molecule is CCCNCC(C(N)=O)=C(C)C. The predicted molar refractivity (Wildman–Crippen MR) is 50.7 cm³/mol. The third kappa shape index (κ3) is 4.13. The minimum Gasteiger partial charge on any atom is -0.366 e. The van der Waals surface area contributed by atoms with Crippen LogP contribution in [0.1, 0.15) is 27.2 Å². The van der Waals surface area contributed by atoms with E-state index < -0.39 is 0 Å². The average molecular weight is 170 g/mol. The Balaban J connectivity index is 4.00. The minimum absolute atomic E-state index is 0.321. The van der Waals surface area contributed by atoms with Crippen LogP contribution in [0.4, 0.5) is 0 Å². The molecule has 0 aromatic carbocycles. The van der Waals surface area contributed by atoms with Crippen molar-refractivity contribution in [1.29, 1.82) is 0 Å². The Kier molecular flexibility index (Phi) is 5.37. The molecule has 0 aliphatic carbocycles. The molecule has 0 aliphatic rings. The Morgan fingerprint density at radius 1 is 1.42 bits per heavy atom. The van der Waals surface area contributed by atoms with Gasteiger partial charge in [-0.1, -0.05) is 12.5 Å². The van der Waals surface area contributed by atoms with Crippen molar-refractivity contribution in [2.75, 3.05) is 13.1 Å². The first-order chi connectivity index (χ1) is 5.59. The molecule has 3 N–H and O–H groups in total. The van der Waals surface area contributed by atoms with Gasteiger partial charge in [0, 0.05) is 12.1 Å². The Morgan fingerprint density at radius 2 is 2.00 bits per heavy atom. The van der Waals surface area contributed by atoms with E-state index in [2.05, 4.69) is 12.2 Å². The highest BCUT2D eigenvalue weighted by atomic mass is 16.1. The molecule has 0 saturated carbocycles. The van der Waals surface area contributed by atoms with Crippen molar-refractivity contribution >= 4 is 5.91 Å². The summed E-state index contributed by atoms with van der Waals surface area (Å²) in [6.07, 6.45) is 1.06. The highest BCUT2D eigenvalue weighted by Crippen LogP contribution is 2.00. The molecular weight excluding hydrogens is 152 g/mol. The summed E-state index contributed by atoms with van der Waals surface area (Å²) in [6, 6.07) is 0. The molecule has 3 heteroatoms. The molecule has 1 amide bonds. The zero-order chi connectivity index (χ0) is 9.56. The number of primary amides is 1. The van der Waals surface area contributed by atoms with Gasteiger partial charge in [-0.25, -0.2) is 0 Å². The number of nitrogens with one attached hydrogen (secondary N) is 1. The molecule has 0 spiro atoms. The molecule has 0 saturated heterocycles. The maximum Gasteiger partial charge on any atom is 0.245 e. The van der Waals surface area contributed by atoms with Gasteiger partial charge in [-0.2, -0.15) is 0 Å². The quantitative estimate of drug-likeness (QED) is 0.474. The van der Waals surface area contributed by atoms with Gasteiger partial charge in [0.05, 0.1) is 0 Å². The van der Waals surface area contributed by atoms with Crippen LogP contribution in [-0.2, 0) is 4.79 Å². The third-order valence-corrected chi connectivity index (χ3v) is 1.63. The molecule has 0 atom stereocenters. The van der Waals surface area contributed by atoms with E-state index in [0.29, 0.717) is 12.1 Å². The maximum absolute atomic E-state index is 10.9. The smallest absolute Gasteiger partial charge is 0.245 e. The standard InChI is InChI=1S/C9H18N2O/c1-4-5-11-6-8(7(2)3)9(10)12/h11H,4-6H2,1-3H3,(H2,10,12). The van der Waals surface area contributed by atoms with E-state index >= 15 is 0 Å². The first-order valence-corrected chi connectivity index (χ1v) is 4.26. The summed E-state index contributed by atoms with van der Waals surface area (Å²) in [5.41, 5.74) is 6.87. The van der Waals surface area contributed by atoms with Gasteiger partial charge in [0.25, 0.3) is 0 Å². The van der Waals surface area contributed by atoms with Gasteiger partial charge in [0.2, 0.25) is 5.91 Å². The number of hydrogen-bond acceptors (Lipinski definition) is 2. The molecule has 0 heterocycles. The van der Waals surface area contributed by atoms with Crippen LogP contribution in [0.3, 0.4) is 0 Å². The maximum atomic E-state index is 10.9. The van der Waals surface area contributed by atoms with Crippen molar-refractivity contribution in [2.24, 2.45) is 5.73 Å². The Bertz CT molecular complexity index is 181. The monoisotopic (exact) mass is 170 g/mol. The van der Waals surface area contributed by atoms with E-state index in [1.807, 2.05) is 13.8 Å². The zero-order valence-electron chi connectivity index (χ0n) is 8.11. The van der Waals surface area contributed by atoms with Crippen molar-refractivity contribution in [3.05, 3.63) is 11.1 Å². The summed E-state index contributed by atoms with van der Waals surface area (Å²) >= 11 is 0. The van der Waals surface area contributed by atoms with Crippen molar-refractivity contribution in [3.63, 3.8) is 0 Å². The summed E-state index contributed by atoms with van der Waals surface area (Å²) in [7, 11) is 0. The molecule has 0 rings (SSSR count). The number of nitrogens with two attached hydrogens (primary N) is 1. The van der Waals surface area contributed by atoms with E-state index in [4.69, 9.17) is 5.73 Å². The number of amides is 1. The fourth-order valence-corrected chi connectivity index (χ4v) is 0.900. The first kappa shape index (κ1) is 11.2. The number of carbonyl (C=O) groups is 1. The van der Waals surface area contributed by atoms with Gasteiger partial charge in [0.15, 0.2) is 0 Å². The highest BCUT2D eigenvalue weighted by molar-refractivity contribution is 5.93. The molecule has 0 radical (unpaired) electrons. The van der Waals surface area contributed by atoms with Crippen LogP contribution in [0, 0.1) is 0 Å². The van der Waals surface area contributed by atoms with E-state index in [-0.39, 0.29) is 5.91 Å². The topological polar surface area (TPSA) is 55.1 Å². The second-order valence-electron chi connectivity index (χ2n) is 3.02. The number of hydrogen-bond donors (Lipinski definition) is 2. The third-order valence-electron chi connectivity index (χ3n) is 1.63. The second kappa shape index (κ2) is 5.77. The first-order valence-electron chi connectivity index (χ1n) is 4.26. The van der Waals surface area contributed by atoms with Crippen LogP contribution in [0.25, 0.3) is 0 Å². The van der Waals surface area contributed by atoms with E-state index in [1.165, 1.54) is 0 Å². The Morgan fingerprint density at radius 3 is 2.33 bits per heavy atom. The molecule has 0 aromatic heterocycles. The summed E-state index contributed by atoms with van der Waals surface area (Å²) in [5, 5.41) is 3.14. The van der Waals surface area contributed by atoms with Crippen LogP contribution in [-0.4, -0.2) is 19.0 Å². The molecular formula is C9H18N2O. The summed E-state index contributed by atoms with van der Waals surface area (Å²) in [4.78, 5) is 10.9. The molecule has 70 valence electrons. The second-order valence-corrected chi connectivity index (χ2v) is 3.02. The zero-order valence-corrected chi connectivity index (χ0v) is 8.11. The van der Waals surface area contributed by atoms with Crippen molar-refractivity contribution < 1.29 is 4.79 Å². The average Bonchev–Trinajstić information content (AvgIpc) is 1.96. The van der Waals surface area contributed by atoms with Crippen LogP contribution in [0.2, 0.25) is 0 Å². The van der Waals surface area contributed by atoms with Crippen LogP contribution < -0.4 is 11.1 Å². The summed E-state index contributed by atoms with van der Waals surface area (Å²) < 4.78 is 0. The molecule has 0 unspecified atom stereocenters.